The van der Waals surface area contributed by atoms with Crippen LogP contribution in [0, 0.1) is 24.7 Å². The summed E-state index contributed by atoms with van der Waals surface area (Å²) in [5.41, 5.74) is 2.22. The highest BCUT2D eigenvalue weighted by Crippen LogP contribution is 2.38. The second kappa shape index (κ2) is 14.3. The molecule has 3 aliphatic heterocycles. The lowest BCUT2D eigenvalue weighted by atomic mass is 9.94. The molecule has 3 saturated heterocycles. The molecule has 45 heavy (non-hydrogen) atoms. The highest BCUT2D eigenvalue weighted by Gasteiger charge is 2.42. The molecule has 3 aliphatic rings. The Kier molecular flexibility index (Phi) is 10.4. The van der Waals surface area contributed by atoms with Gasteiger partial charge in [-0.2, -0.15) is 0 Å². The first-order chi connectivity index (χ1) is 21.6. The molecule has 2 aromatic carbocycles. The lowest BCUT2D eigenvalue weighted by Crippen LogP contribution is -2.44. The number of rotatable bonds is 10. The van der Waals surface area contributed by atoms with Crippen LogP contribution in [0.3, 0.4) is 0 Å². The molecule has 0 N–H and O–H groups in total. The zero-order valence-electron chi connectivity index (χ0n) is 27.0. The van der Waals surface area contributed by atoms with E-state index in [4.69, 9.17) is 25.8 Å². The van der Waals surface area contributed by atoms with E-state index >= 15 is 0 Å². The van der Waals surface area contributed by atoms with Gasteiger partial charge in [0.05, 0.1) is 21.3 Å². The summed E-state index contributed by atoms with van der Waals surface area (Å²) < 4.78 is 16.4. The number of hydrogen-bond donors (Lipinski definition) is 0. The zero-order valence-corrected chi connectivity index (χ0v) is 27.8. The third-order valence-corrected chi connectivity index (χ3v) is 10.1. The quantitative estimate of drug-likeness (QED) is 0.381. The summed E-state index contributed by atoms with van der Waals surface area (Å²) in [6.07, 6.45) is 2.17. The van der Waals surface area contributed by atoms with Gasteiger partial charge in [0.1, 0.15) is 22.8 Å². The third kappa shape index (κ3) is 7.17. The van der Waals surface area contributed by atoms with Crippen molar-refractivity contribution in [2.75, 3.05) is 78.6 Å². The normalized spacial score (nSPS) is 20.2. The van der Waals surface area contributed by atoms with Gasteiger partial charge in [-0.05, 0) is 62.3 Å². The first-order valence-electron chi connectivity index (χ1n) is 15.8. The third-order valence-electron chi connectivity index (χ3n) is 9.66. The number of halogens is 1. The van der Waals surface area contributed by atoms with E-state index in [0.717, 1.165) is 37.3 Å². The van der Waals surface area contributed by atoms with E-state index < -0.39 is 0 Å². The van der Waals surface area contributed by atoms with E-state index in [1.165, 1.54) is 0 Å². The zero-order chi connectivity index (χ0) is 32.2. The molecule has 5 rings (SSSR count). The molecule has 0 saturated carbocycles. The van der Waals surface area contributed by atoms with Gasteiger partial charge in [0.2, 0.25) is 11.8 Å². The molecule has 10 nitrogen and oxygen atoms in total. The van der Waals surface area contributed by atoms with Crippen LogP contribution in [-0.4, -0.2) is 106 Å². The van der Waals surface area contributed by atoms with Gasteiger partial charge in [0.25, 0.3) is 5.91 Å². The number of hydrogen-bond acceptors (Lipinski definition) is 7. The summed E-state index contributed by atoms with van der Waals surface area (Å²) in [5, 5.41) is 0.646. The van der Waals surface area contributed by atoms with Gasteiger partial charge >= 0.3 is 0 Å². The van der Waals surface area contributed by atoms with Crippen LogP contribution in [0.15, 0.2) is 30.3 Å². The molecule has 0 aromatic heterocycles. The minimum atomic E-state index is -0.113. The van der Waals surface area contributed by atoms with Crippen LogP contribution in [0.2, 0.25) is 5.02 Å². The minimum absolute atomic E-state index is 0.0612. The fourth-order valence-corrected chi connectivity index (χ4v) is 7.22. The van der Waals surface area contributed by atoms with Gasteiger partial charge in [0.15, 0.2) is 0 Å². The fraction of sp³-hybridized carbons (Fsp3) is 0.559. The van der Waals surface area contributed by atoms with Gasteiger partial charge in [0, 0.05) is 81.5 Å². The van der Waals surface area contributed by atoms with Crippen molar-refractivity contribution < 1.29 is 28.6 Å². The number of aryl methyl sites for hydroxylation is 1. The maximum Gasteiger partial charge on any atom is 0.261 e. The van der Waals surface area contributed by atoms with E-state index in [1.54, 1.807) is 40.4 Å². The summed E-state index contributed by atoms with van der Waals surface area (Å²) in [4.78, 5) is 47.3. The van der Waals surface area contributed by atoms with E-state index in [2.05, 4.69) is 4.90 Å². The SMILES string of the molecule is COc1cc(OC)c(C(=O)N2CC3CN(CCCN(C(=O)C4CCN(C(C)=O)CC4)c4ccc(C)c(Cl)c4)CC3C2)c(OC)c1. The largest absolute Gasteiger partial charge is 0.496 e. The Bertz CT molecular complexity index is 1370. The molecule has 0 bridgehead atoms. The molecule has 0 aliphatic carbocycles. The average molecular weight is 641 g/mol. The maximum absolute atomic E-state index is 13.8. The van der Waals surface area contributed by atoms with Gasteiger partial charge < -0.3 is 33.8 Å². The first-order valence-corrected chi connectivity index (χ1v) is 16.2. The molecule has 2 aromatic rings. The number of piperidine rings is 1. The van der Waals surface area contributed by atoms with Crippen LogP contribution in [0.4, 0.5) is 5.69 Å². The molecule has 2 unspecified atom stereocenters. The molecule has 0 radical (unpaired) electrons. The average Bonchev–Trinajstić information content (AvgIpc) is 3.62. The van der Waals surface area contributed by atoms with E-state index in [0.29, 0.717) is 85.2 Å². The first kappa shape index (κ1) is 32.9. The monoisotopic (exact) mass is 640 g/mol. The molecular weight excluding hydrogens is 596 g/mol. The number of nitrogens with zero attached hydrogens (tertiary/aromatic N) is 4. The van der Waals surface area contributed by atoms with Gasteiger partial charge in [-0.15, -0.1) is 0 Å². The van der Waals surface area contributed by atoms with Crippen LogP contribution >= 0.6 is 11.6 Å². The number of fused-ring (bicyclic) bond motifs is 1. The van der Waals surface area contributed by atoms with Crippen LogP contribution in [0.25, 0.3) is 0 Å². The minimum Gasteiger partial charge on any atom is -0.496 e. The number of amides is 3. The van der Waals surface area contributed by atoms with E-state index in [-0.39, 0.29) is 23.6 Å². The molecule has 244 valence electrons. The van der Waals surface area contributed by atoms with Gasteiger partial charge in [-0.1, -0.05) is 17.7 Å². The topological polar surface area (TPSA) is 91.9 Å². The number of benzene rings is 2. The fourth-order valence-electron chi connectivity index (χ4n) is 7.04. The molecule has 3 heterocycles. The Labute approximate surface area is 271 Å². The number of carbonyl (C=O) groups excluding carboxylic acids is 3. The highest BCUT2D eigenvalue weighted by atomic mass is 35.5. The molecule has 3 fully saturated rings. The summed E-state index contributed by atoms with van der Waals surface area (Å²) >= 11 is 6.48. The molecule has 3 amide bonds. The Morgan fingerprint density at radius 1 is 0.889 bits per heavy atom. The number of methoxy groups -OCH3 is 3. The van der Waals surface area contributed by atoms with Crippen molar-refractivity contribution in [3.05, 3.63) is 46.5 Å². The summed E-state index contributed by atoms with van der Waals surface area (Å²) in [6, 6.07) is 9.24. The molecule has 2 atom stereocenters. The number of carbonyl (C=O) groups is 3. The van der Waals surface area contributed by atoms with E-state index in [9.17, 15) is 14.4 Å². The standard InChI is InChI=1S/C34H45ClN4O6/c1-22-7-8-27(15-29(22)35)39(33(41)24-9-13-37(14-10-24)23(2)40)12-6-11-36-18-25-20-38(21-26(25)19-36)34(42)32-30(44-4)16-28(43-3)17-31(32)45-5/h7-8,15-17,24-26H,6,9-14,18-21H2,1-5H3. The van der Waals surface area contributed by atoms with Crippen molar-refractivity contribution in [2.45, 2.75) is 33.1 Å². The highest BCUT2D eigenvalue weighted by molar-refractivity contribution is 6.31. The van der Waals surface area contributed by atoms with Gasteiger partial charge in [-0.3, -0.25) is 14.4 Å². The Hall–Kier alpha value is -3.50. The van der Waals surface area contributed by atoms with Crippen molar-refractivity contribution in [3.8, 4) is 17.2 Å². The van der Waals surface area contributed by atoms with Crippen molar-refractivity contribution in [2.24, 2.45) is 17.8 Å². The predicted octanol–water partition coefficient (Wildman–Crippen LogP) is 4.36. The second-order valence-electron chi connectivity index (χ2n) is 12.5. The Morgan fingerprint density at radius 3 is 2.04 bits per heavy atom. The molecule has 11 heteroatoms. The predicted molar refractivity (Wildman–Crippen MR) is 174 cm³/mol. The lowest BCUT2D eigenvalue weighted by molar-refractivity contribution is -0.133. The van der Waals surface area contributed by atoms with Crippen molar-refractivity contribution in [1.82, 2.24) is 14.7 Å². The summed E-state index contributed by atoms with van der Waals surface area (Å²) in [7, 11) is 4.65. The molecular formula is C34H45ClN4O6. The summed E-state index contributed by atoms with van der Waals surface area (Å²) in [5.74, 6) is 2.19. The van der Waals surface area contributed by atoms with Gasteiger partial charge in [-0.25, -0.2) is 0 Å². The van der Waals surface area contributed by atoms with Crippen molar-refractivity contribution in [1.29, 1.82) is 0 Å². The van der Waals surface area contributed by atoms with E-state index in [1.807, 2.05) is 39.8 Å². The Balaban J connectivity index is 1.18. The van der Waals surface area contributed by atoms with Crippen LogP contribution in [0.1, 0.15) is 42.1 Å². The van der Waals surface area contributed by atoms with Crippen LogP contribution < -0.4 is 19.1 Å². The summed E-state index contributed by atoms with van der Waals surface area (Å²) in [6.45, 7) is 9.43. The van der Waals surface area contributed by atoms with Crippen molar-refractivity contribution >= 4 is 35.0 Å². The smallest absolute Gasteiger partial charge is 0.261 e. The molecule has 0 spiro atoms. The number of ether oxygens (including phenoxy) is 3. The number of likely N-dealkylation sites (tertiary alicyclic amines) is 3. The lowest BCUT2D eigenvalue weighted by Gasteiger charge is -2.34. The Morgan fingerprint density at radius 2 is 1.51 bits per heavy atom. The van der Waals surface area contributed by atoms with Crippen LogP contribution in [0.5, 0.6) is 17.2 Å². The number of anilines is 1. The van der Waals surface area contributed by atoms with Crippen LogP contribution in [-0.2, 0) is 9.59 Å². The second-order valence-corrected chi connectivity index (χ2v) is 12.9. The maximum atomic E-state index is 13.8. The van der Waals surface area contributed by atoms with Crippen molar-refractivity contribution in [3.63, 3.8) is 0 Å².